The van der Waals surface area contributed by atoms with Crippen LogP contribution in [-0.4, -0.2) is 74.4 Å². The molecule has 2 atom stereocenters. The molecule has 4 nitrogen and oxygen atoms in total. The van der Waals surface area contributed by atoms with Gasteiger partial charge in [0.2, 0.25) is 0 Å². The van der Waals surface area contributed by atoms with Gasteiger partial charge in [-0.05, 0) is 26.4 Å². The molecule has 4 heteroatoms. The molecule has 2 heterocycles. The van der Waals surface area contributed by atoms with Crippen molar-refractivity contribution in [2.24, 2.45) is 0 Å². The first-order valence-corrected chi connectivity index (χ1v) is 7.07. The van der Waals surface area contributed by atoms with Crippen molar-refractivity contribution in [3.8, 4) is 0 Å². The highest BCUT2D eigenvalue weighted by molar-refractivity contribution is 4.78. The Morgan fingerprint density at radius 2 is 2.12 bits per heavy atom. The van der Waals surface area contributed by atoms with Gasteiger partial charge in [-0.3, -0.25) is 9.80 Å². The first-order chi connectivity index (χ1) is 8.28. The number of nitrogens with zero attached hydrogens (tertiary/aromatic N) is 2. The molecule has 2 aliphatic heterocycles. The lowest BCUT2D eigenvalue weighted by Crippen LogP contribution is -2.47. The van der Waals surface area contributed by atoms with Crippen LogP contribution in [0.2, 0.25) is 0 Å². The van der Waals surface area contributed by atoms with Crippen LogP contribution in [0.5, 0.6) is 0 Å². The van der Waals surface area contributed by atoms with Crippen LogP contribution in [0.3, 0.4) is 0 Å². The molecule has 0 aromatic carbocycles. The molecule has 0 spiro atoms. The molecule has 2 aliphatic rings. The Morgan fingerprint density at radius 1 is 1.24 bits per heavy atom. The summed E-state index contributed by atoms with van der Waals surface area (Å²) in [6, 6.07) is 0.666. The predicted molar refractivity (Wildman–Crippen MR) is 70.4 cm³/mol. The Labute approximate surface area is 105 Å². The van der Waals surface area contributed by atoms with Crippen molar-refractivity contribution in [1.82, 2.24) is 15.1 Å². The zero-order valence-electron chi connectivity index (χ0n) is 11.3. The van der Waals surface area contributed by atoms with E-state index in [-0.39, 0.29) is 0 Å². The molecule has 2 unspecified atom stereocenters. The minimum absolute atomic E-state index is 0.414. The summed E-state index contributed by atoms with van der Waals surface area (Å²) < 4.78 is 5.88. The second kappa shape index (κ2) is 6.69. The Kier molecular flexibility index (Phi) is 5.22. The Morgan fingerprint density at radius 3 is 2.94 bits per heavy atom. The van der Waals surface area contributed by atoms with Gasteiger partial charge in [0, 0.05) is 38.8 Å². The normalized spacial score (nSPS) is 33.5. The quantitative estimate of drug-likeness (QED) is 0.774. The molecule has 0 aliphatic carbocycles. The highest BCUT2D eigenvalue weighted by Gasteiger charge is 2.22. The molecule has 2 rings (SSSR count). The van der Waals surface area contributed by atoms with Gasteiger partial charge in [-0.1, -0.05) is 6.92 Å². The van der Waals surface area contributed by atoms with Crippen LogP contribution in [0.1, 0.15) is 20.3 Å². The lowest BCUT2D eigenvalue weighted by atomic mass is 10.2. The highest BCUT2D eigenvalue weighted by Crippen LogP contribution is 2.08. The lowest BCUT2D eigenvalue weighted by molar-refractivity contribution is -0.0411. The first-order valence-electron chi connectivity index (χ1n) is 7.07. The van der Waals surface area contributed by atoms with E-state index in [2.05, 4.69) is 29.0 Å². The third kappa shape index (κ3) is 4.21. The summed E-state index contributed by atoms with van der Waals surface area (Å²) in [7, 11) is 0. The minimum atomic E-state index is 0.414. The highest BCUT2D eigenvalue weighted by atomic mass is 16.5. The van der Waals surface area contributed by atoms with Crippen LogP contribution in [0.4, 0.5) is 0 Å². The topological polar surface area (TPSA) is 27.7 Å². The van der Waals surface area contributed by atoms with E-state index in [0.717, 1.165) is 45.9 Å². The molecular formula is C13H27N3O. The van der Waals surface area contributed by atoms with E-state index in [0.29, 0.717) is 12.1 Å². The van der Waals surface area contributed by atoms with Crippen LogP contribution in [0, 0.1) is 0 Å². The van der Waals surface area contributed by atoms with E-state index in [1.807, 2.05) is 0 Å². The van der Waals surface area contributed by atoms with Gasteiger partial charge in [-0.15, -0.1) is 0 Å². The summed E-state index contributed by atoms with van der Waals surface area (Å²) in [5.41, 5.74) is 0. The van der Waals surface area contributed by atoms with Gasteiger partial charge < -0.3 is 10.1 Å². The molecular weight excluding hydrogens is 214 g/mol. The molecule has 0 saturated carbocycles. The Bertz CT molecular complexity index is 225. The second-order valence-corrected chi connectivity index (χ2v) is 5.33. The second-order valence-electron chi connectivity index (χ2n) is 5.33. The average Bonchev–Trinajstić information content (AvgIpc) is 2.55. The van der Waals surface area contributed by atoms with Crippen molar-refractivity contribution in [3.63, 3.8) is 0 Å². The zero-order valence-corrected chi connectivity index (χ0v) is 11.3. The van der Waals surface area contributed by atoms with Gasteiger partial charge in [-0.25, -0.2) is 0 Å². The van der Waals surface area contributed by atoms with Crippen LogP contribution in [-0.2, 0) is 4.74 Å². The fraction of sp³-hybridized carbons (Fsp3) is 1.00. The summed E-state index contributed by atoms with van der Waals surface area (Å²) in [5, 5.41) is 3.54. The largest absolute Gasteiger partial charge is 0.374 e. The fourth-order valence-electron chi connectivity index (χ4n) is 2.71. The molecule has 2 saturated heterocycles. The van der Waals surface area contributed by atoms with Gasteiger partial charge in [-0.2, -0.15) is 0 Å². The van der Waals surface area contributed by atoms with Gasteiger partial charge in [0.1, 0.15) is 0 Å². The standard InChI is InChI=1S/C13H27N3O/c1-3-15-8-9-17-13(10-15)11-16-6-4-12(2)14-5-7-16/h12-14H,3-11H2,1-2H3. The fourth-order valence-corrected chi connectivity index (χ4v) is 2.71. The van der Waals surface area contributed by atoms with E-state index >= 15 is 0 Å². The summed E-state index contributed by atoms with van der Waals surface area (Å²) in [6.45, 7) is 13.4. The van der Waals surface area contributed by atoms with Gasteiger partial charge in [0.15, 0.2) is 0 Å². The van der Waals surface area contributed by atoms with Crippen LogP contribution in [0.25, 0.3) is 0 Å². The monoisotopic (exact) mass is 241 g/mol. The number of ether oxygens (including phenoxy) is 1. The van der Waals surface area contributed by atoms with E-state index in [1.54, 1.807) is 0 Å². The van der Waals surface area contributed by atoms with Crippen LogP contribution < -0.4 is 5.32 Å². The first kappa shape index (κ1) is 13.3. The minimum Gasteiger partial charge on any atom is -0.374 e. The number of morpholine rings is 1. The number of rotatable bonds is 3. The predicted octanol–water partition coefficient (Wildman–Crippen LogP) is 0.391. The van der Waals surface area contributed by atoms with E-state index in [1.165, 1.54) is 13.0 Å². The van der Waals surface area contributed by atoms with Crippen molar-refractivity contribution in [3.05, 3.63) is 0 Å². The van der Waals surface area contributed by atoms with Crippen LogP contribution in [0.15, 0.2) is 0 Å². The zero-order chi connectivity index (χ0) is 12.1. The number of likely N-dealkylation sites (N-methyl/N-ethyl adjacent to an activating group) is 1. The van der Waals surface area contributed by atoms with Crippen molar-refractivity contribution in [2.75, 3.05) is 52.4 Å². The summed E-state index contributed by atoms with van der Waals surface area (Å²) in [6.07, 6.45) is 1.67. The van der Waals surface area contributed by atoms with E-state index < -0.39 is 0 Å². The van der Waals surface area contributed by atoms with Gasteiger partial charge in [0.25, 0.3) is 0 Å². The van der Waals surface area contributed by atoms with E-state index in [4.69, 9.17) is 4.74 Å². The Balaban J connectivity index is 1.75. The van der Waals surface area contributed by atoms with Gasteiger partial charge >= 0.3 is 0 Å². The molecule has 2 fully saturated rings. The van der Waals surface area contributed by atoms with Crippen molar-refractivity contribution >= 4 is 0 Å². The summed E-state index contributed by atoms with van der Waals surface area (Å²) >= 11 is 0. The molecule has 0 amide bonds. The SMILES string of the molecule is CCN1CCOC(CN2CCNC(C)CC2)C1. The lowest BCUT2D eigenvalue weighted by Gasteiger charge is -2.34. The van der Waals surface area contributed by atoms with Crippen molar-refractivity contribution < 1.29 is 4.74 Å². The smallest absolute Gasteiger partial charge is 0.0829 e. The summed E-state index contributed by atoms with van der Waals surface area (Å²) in [5.74, 6) is 0. The maximum absolute atomic E-state index is 5.88. The average molecular weight is 241 g/mol. The summed E-state index contributed by atoms with van der Waals surface area (Å²) in [4.78, 5) is 5.05. The number of hydrogen-bond acceptors (Lipinski definition) is 4. The molecule has 0 bridgehead atoms. The molecule has 17 heavy (non-hydrogen) atoms. The third-order valence-electron chi connectivity index (χ3n) is 3.93. The molecule has 0 radical (unpaired) electrons. The van der Waals surface area contributed by atoms with Crippen molar-refractivity contribution in [1.29, 1.82) is 0 Å². The number of hydrogen-bond donors (Lipinski definition) is 1. The van der Waals surface area contributed by atoms with Crippen LogP contribution >= 0.6 is 0 Å². The third-order valence-corrected chi connectivity index (χ3v) is 3.93. The van der Waals surface area contributed by atoms with Crippen molar-refractivity contribution in [2.45, 2.75) is 32.4 Å². The maximum Gasteiger partial charge on any atom is 0.0829 e. The molecule has 100 valence electrons. The molecule has 0 aromatic rings. The molecule has 0 aromatic heterocycles. The maximum atomic E-state index is 5.88. The molecule has 1 N–H and O–H groups in total. The van der Waals surface area contributed by atoms with Gasteiger partial charge in [0.05, 0.1) is 12.7 Å². The number of nitrogens with one attached hydrogen (secondary N) is 1. The Hall–Kier alpha value is -0.160. The van der Waals surface area contributed by atoms with E-state index in [9.17, 15) is 0 Å².